The van der Waals surface area contributed by atoms with E-state index in [4.69, 9.17) is 55.9 Å². The van der Waals surface area contributed by atoms with Crippen molar-refractivity contribution in [3.05, 3.63) is 139 Å². The topological polar surface area (TPSA) is 179 Å². The van der Waals surface area contributed by atoms with Crippen LogP contribution in [-0.4, -0.2) is 50.3 Å². The summed E-state index contributed by atoms with van der Waals surface area (Å²) in [5, 5.41) is 42.7. The van der Waals surface area contributed by atoms with Crippen LogP contribution in [-0.2, 0) is 51.6 Å². The summed E-state index contributed by atoms with van der Waals surface area (Å²) in [6, 6.07) is 23.3. The largest absolute Gasteiger partial charge is 2.00 e. The fraction of sp³-hybridized carbons (Fsp3) is 0.222. The van der Waals surface area contributed by atoms with Crippen LogP contribution in [0.25, 0.3) is 0 Å². The van der Waals surface area contributed by atoms with Crippen LogP contribution in [0.15, 0.2) is 97.1 Å². The van der Waals surface area contributed by atoms with Gasteiger partial charge in [0.05, 0.1) is 23.9 Å². The number of aromatic carboxylic acids is 4. The summed E-state index contributed by atoms with van der Waals surface area (Å²) in [4.78, 5) is 40.6. The molecular formula is C36H32Cl4Mo2O10. The first-order valence-electron chi connectivity index (χ1n) is 14.8. The monoisotopic (exact) mass is 960 g/mol. The van der Waals surface area contributed by atoms with Crippen LogP contribution in [0.4, 0.5) is 0 Å². The molecule has 2 aliphatic rings. The van der Waals surface area contributed by atoms with E-state index in [9.17, 15) is 39.6 Å². The standard InChI is InChI=1S/4C7H5ClO2.2C4H8O.2Mo/c4*8-6-3-1-5(2-4-6)7(9)10;2*1-2-4-5-3-1;;/h4*1-4H,(H,9,10);2*1-4H2;;/q;;;;;;2*+2/p-4. The second-order valence-electron chi connectivity index (χ2n) is 9.82. The first kappa shape index (κ1) is 51.3. The van der Waals surface area contributed by atoms with Gasteiger partial charge in [-0.3, -0.25) is 0 Å². The third-order valence-electron chi connectivity index (χ3n) is 5.97. The SMILES string of the molecule is C1CCOC1.C1CCOC1.O=C([O-])c1ccc(Cl)cc1.O=C([O-])c1ccc(Cl)cc1.O=C([O-])c1ccc(Cl)cc1.O=C([O-])c1ccc(Cl)cc1.[Mo+2].[Mo+2]. The molecule has 0 aliphatic carbocycles. The second-order valence-corrected chi connectivity index (χ2v) is 11.6. The molecule has 2 fully saturated rings. The summed E-state index contributed by atoms with van der Waals surface area (Å²) in [6.07, 6.45) is 5.11. The van der Waals surface area contributed by atoms with E-state index in [0.29, 0.717) is 20.1 Å². The molecule has 2 heterocycles. The van der Waals surface area contributed by atoms with Gasteiger partial charge in [0.25, 0.3) is 0 Å². The molecule has 2 saturated heterocycles. The molecule has 4 aromatic carbocycles. The van der Waals surface area contributed by atoms with Crippen LogP contribution >= 0.6 is 46.4 Å². The summed E-state index contributed by atoms with van der Waals surface area (Å²) in [5.41, 5.74) is 0.572. The summed E-state index contributed by atoms with van der Waals surface area (Å²) in [7, 11) is 0. The van der Waals surface area contributed by atoms with E-state index in [1.54, 1.807) is 0 Å². The number of hydrogen-bond donors (Lipinski definition) is 0. The Morgan fingerprint density at radius 2 is 0.519 bits per heavy atom. The first-order valence-corrected chi connectivity index (χ1v) is 16.3. The van der Waals surface area contributed by atoms with Crippen LogP contribution in [0.1, 0.15) is 67.1 Å². The molecule has 0 aromatic heterocycles. The fourth-order valence-electron chi connectivity index (χ4n) is 3.36. The Morgan fingerprint density at radius 1 is 0.365 bits per heavy atom. The Balaban J connectivity index is 0. The molecule has 6 rings (SSSR count). The summed E-state index contributed by atoms with van der Waals surface area (Å²) in [6.45, 7) is 4.00. The van der Waals surface area contributed by atoms with Crippen molar-refractivity contribution in [1.82, 2.24) is 0 Å². The Labute approximate surface area is 350 Å². The molecule has 0 bridgehead atoms. The van der Waals surface area contributed by atoms with Crippen LogP contribution in [0.3, 0.4) is 0 Å². The Morgan fingerprint density at radius 3 is 0.615 bits per heavy atom. The third-order valence-corrected chi connectivity index (χ3v) is 6.98. The van der Waals surface area contributed by atoms with Crippen molar-refractivity contribution in [1.29, 1.82) is 0 Å². The number of rotatable bonds is 4. The van der Waals surface area contributed by atoms with Crippen LogP contribution in [0.5, 0.6) is 0 Å². The van der Waals surface area contributed by atoms with Gasteiger partial charge in [0.2, 0.25) is 0 Å². The molecule has 0 unspecified atom stereocenters. The number of hydrogen-bond acceptors (Lipinski definition) is 10. The Kier molecular flexibility index (Phi) is 30.3. The molecule has 10 nitrogen and oxygen atoms in total. The van der Waals surface area contributed by atoms with Gasteiger partial charge in [-0.15, -0.1) is 0 Å². The number of carboxylic acids is 4. The maximum Gasteiger partial charge on any atom is 2.00 e. The quantitative estimate of drug-likeness (QED) is 0.267. The number of benzene rings is 4. The van der Waals surface area contributed by atoms with E-state index < -0.39 is 23.9 Å². The summed E-state index contributed by atoms with van der Waals surface area (Å²) in [5.74, 6) is -4.73. The zero-order chi connectivity index (χ0) is 37.3. The normalized spacial score (nSPS) is 11.8. The van der Waals surface area contributed by atoms with Crippen molar-refractivity contribution in [2.45, 2.75) is 25.7 Å². The molecule has 16 heteroatoms. The molecule has 4 aromatic rings. The minimum absolute atomic E-state index is 0. The zero-order valence-corrected chi connectivity index (χ0v) is 34.3. The van der Waals surface area contributed by atoms with Crippen molar-refractivity contribution in [2.24, 2.45) is 0 Å². The number of carbonyl (C=O) groups is 4. The minimum atomic E-state index is -1.18. The Hall–Kier alpha value is -2.78. The Bertz CT molecular complexity index is 1340. The van der Waals surface area contributed by atoms with Crippen molar-refractivity contribution in [3.63, 3.8) is 0 Å². The van der Waals surface area contributed by atoms with E-state index in [0.717, 1.165) is 26.4 Å². The van der Waals surface area contributed by atoms with Gasteiger partial charge < -0.3 is 49.1 Å². The number of carboxylic acid groups (broad SMARTS) is 4. The third kappa shape index (κ3) is 25.2. The molecule has 2 aliphatic heterocycles. The van der Waals surface area contributed by atoms with Crippen molar-refractivity contribution < 1.29 is 91.2 Å². The molecule has 52 heavy (non-hydrogen) atoms. The van der Waals surface area contributed by atoms with Gasteiger partial charge in [0, 0.05) is 46.5 Å². The number of ether oxygens (including phenoxy) is 2. The average molecular weight is 958 g/mol. The minimum Gasteiger partial charge on any atom is -0.545 e. The molecule has 276 valence electrons. The van der Waals surface area contributed by atoms with Gasteiger partial charge in [-0.05, 0) is 96.5 Å². The van der Waals surface area contributed by atoms with E-state index in [2.05, 4.69) is 0 Å². The average Bonchev–Trinajstić information content (AvgIpc) is 3.87. The van der Waals surface area contributed by atoms with E-state index in [1.807, 2.05) is 0 Å². The van der Waals surface area contributed by atoms with Gasteiger partial charge in [-0.1, -0.05) is 94.9 Å². The van der Waals surface area contributed by atoms with E-state index in [-0.39, 0.29) is 64.4 Å². The van der Waals surface area contributed by atoms with Gasteiger partial charge in [0.15, 0.2) is 0 Å². The van der Waals surface area contributed by atoms with Crippen molar-refractivity contribution in [2.75, 3.05) is 26.4 Å². The van der Waals surface area contributed by atoms with E-state index in [1.165, 1.54) is 123 Å². The first-order chi connectivity index (χ1) is 23.8. The fourth-order valence-corrected chi connectivity index (χ4v) is 3.87. The van der Waals surface area contributed by atoms with Gasteiger partial charge >= 0.3 is 42.1 Å². The predicted octanol–water partition coefficient (Wildman–Crippen LogP) is 4.40. The van der Waals surface area contributed by atoms with Crippen molar-refractivity contribution in [3.8, 4) is 0 Å². The zero-order valence-electron chi connectivity index (χ0n) is 27.3. The van der Waals surface area contributed by atoms with Crippen LogP contribution in [0, 0.1) is 0 Å². The summed E-state index contributed by atoms with van der Waals surface area (Å²) >= 11 is 22.0. The number of carbonyl (C=O) groups excluding carboxylic acids is 4. The van der Waals surface area contributed by atoms with Crippen molar-refractivity contribution >= 4 is 70.3 Å². The molecule has 0 amide bonds. The predicted molar refractivity (Wildman–Crippen MR) is 183 cm³/mol. The second kappa shape index (κ2) is 30.7. The smallest absolute Gasteiger partial charge is 0.545 e. The number of halogens is 4. The van der Waals surface area contributed by atoms with Crippen LogP contribution in [0.2, 0.25) is 20.1 Å². The van der Waals surface area contributed by atoms with Crippen LogP contribution < -0.4 is 20.4 Å². The maximum atomic E-state index is 10.2. The molecule has 0 atom stereocenters. The molecule has 0 spiro atoms. The molecule has 0 radical (unpaired) electrons. The molecule has 0 N–H and O–H groups in total. The molecule has 0 saturated carbocycles. The molecular weight excluding hydrogens is 926 g/mol. The van der Waals surface area contributed by atoms with Gasteiger partial charge in [0.1, 0.15) is 0 Å². The van der Waals surface area contributed by atoms with E-state index >= 15 is 0 Å². The van der Waals surface area contributed by atoms with Gasteiger partial charge in [-0.2, -0.15) is 0 Å². The van der Waals surface area contributed by atoms with Gasteiger partial charge in [-0.25, -0.2) is 0 Å². The summed E-state index contributed by atoms with van der Waals surface area (Å²) < 4.78 is 9.89. The maximum absolute atomic E-state index is 10.2.